The maximum absolute atomic E-state index is 10.9. The third-order valence-corrected chi connectivity index (χ3v) is 1.64. The van der Waals surface area contributed by atoms with E-state index in [9.17, 15) is 9.59 Å². The molecule has 0 bridgehead atoms. The number of hydroxylamine groups is 2. The van der Waals surface area contributed by atoms with Crippen molar-refractivity contribution in [2.45, 2.75) is 46.3 Å². The molecule has 0 fully saturated rings. The molecule has 0 spiro atoms. The first kappa shape index (κ1) is 13.9. The molecule has 5 heteroatoms. The summed E-state index contributed by atoms with van der Waals surface area (Å²) in [5, 5.41) is 9.83. The minimum absolute atomic E-state index is 0.213. The highest BCUT2D eigenvalue weighted by Gasteiger charge is 2.31. The number of carboxylic acids is 1. The summed E-state index contributed by atoms with van der Waals surface area (Å²) in [5.74, 6) is -1.28. The Balaban J connectivity index is 4.76. The summed E-state index contributed by atoms with van der Waals surface area (Å²) in [6, 6.07) is -0.957. The average molecular weight is 217 g/mol. The van der Waals surface area contributed by atoms with E-state index in [0.717, 1.165) is 5.06 Å². The first-order valence-corrected chi connectivity index (χ1v) is 4.84. The summed E-state index contributed by atoms with van der Waals surface area (Å²) in [4.78, 5) is 27.0. The molecule has 88 valence electrons. The van der Waals surface area contributed by atoms with Crippen molar-refractivity contribution in [3.8, 4) is 0 Å². The molecule has 15 heavy (non-hydrogen) atoms. The van der Waals surface area contributed by atoms with Crippen molar-refractivity contribution < 1.29 is 19.5 Å². The van der Waals surface area contributed by atoms with Crippen molar-refractivity contribution in [2.24, 2.45) is 5.92 Å². The summed E-state index contributed by atoms with van der Waals surface area (Å²) >= 11 is 0. The van der Waals surface area contributed by atoms with Gasteiger partial charge in [0.15, 0.2) is 6.04 Å². The number of hydrogen-bond donors (Lipinski definition) is 1. The fourth-order valence-corrected chi connectivity index (χ4v) is 1.15. The largest absolute Gasteiger partial charge is 0.480 e. The van der Waals surface area contributed by atoms with Crippen molar-refractivity contribution in [3.05, 3.63) is 0 Å². The first-order chi connectivity index (χ1) is 6.69. The number of hydrogen-bond acceptors (Lipinski definition) is 3. The lowest BCUT2D eigenvalue weighted by Gasteiger charge is -2.32. The van der Waals surface area contributed by atoms with Gasteiger partial charge in [0.2, 0.25) is 6.41 Å². The molecule has 0 heterocycles. The van der Waals surface area contributed by atoms with Crippen molar-refractivity contribution in [1.82, 2.24) is 5.06 Å². The lowest BCUT2D eigenvalue weighted by molar-refractivity contribution is -0.239. The maximum Gasteiger partial charge on any atom is 0.329 e. The predicted octanol–water partition coefficient (Wildman–Crippen LogP) is 1.28. The van der Waals surface area contributed by atoms with Crippen molar-refractivity contribution in [3.63, 3.8) is 0 Å². The van der Waals surface area contributed by atoms with Crippen molar-refractivity contribution in [1.29, 1.82) is 0 Å². The van der Waals surface area contributed by atoms with Crippen LogP contribution in [0.2, 0.25) is 0 Å². The van der Waals surface area contributed by atoms with Crippen LogP contribution in [0.25, 0.3) is 0 Å². The standard InChI is InChI=1S/C10H19NO4/c1-7(2)8(9(13)14)11(6-12)15-10(3,4)5/h6-8H,1-5H3,(H,13,14)/t8-/m0/s1. The highest BCUT2D eigenvalue weighted by atomic mass is 16.7. The zero-order valence-electron chi connectivity index (χ0n) is 9.85. The summed E-state index contributed by atoms with van der Waals surface area (Å²) < 4.78 is 0. The third-order valence-electron chi connectivity index (χ3n) is 1.64. The zero-order valence-corrected chi connectivity index (χ0v) is 9.85. The number of amides is 1. The highest BCUT2D eigenvalue weighted by molar-refractivity contribution is 5.76. The molecule has 0 rings (SSSR count). The van der Waals surface area contributed by atoms with E-state index < -0.39 is 17.6 Å². The molecule has 0 saturated heterocycles. The second-order valence-corrected chi connectivity index (χ2v) is 4.70. The van der Waals surface area contributed by atoms with E-state index in [4.69, 9.17) is 9.94 Å². The molecule has 0 unspecified atom stereocenters. The number of carbonyl (C=O) groups excluding carboxylic acids is 1. The molecule has 1 atom stereocenters. The number of aliphatic carboxylic acids is 1. The van der Waals surface area contributed by atoms with Gasteiger partial charge in [0.1, 0.15) is 0 Å². The van der Waals surface area contributed by atoms with Crippen LogP contribution in [0.3, 0.4) is 0 Å². The molecule has 0 aliphatic rings. The fraction of sp³-hybridized carbons (Fsp3) is 0.800. The van der Waals surface area contributed by atoms with E-state index in [0.29, 0.717) is 6.41 Å². The summed E-state index contributed by atoms with van der Waals surface area (Å²) in [6.07, 6.45) is 0.407. The predicted molar refractivity (Wildman–Crippen MR) is 55.0 cm³/mol. The van der Waals surface area contributed by atoms with Crippen molar-refractivity contribution >= 4 is 12.4 Å². The molecular formula is C10H19NO4. The smallest absolute Gasteiger partial charge is 0.329 e. The third kappa shape index (κ3) is 4.78. The van der Waals surface area contributed by atoms with Crippen LogP contribution in [0, 0.1) is 5.92 Å². The zero-order chi connectivity index (χ0) is 12.2. The fourth-order valence-electron chi connectivity index (χ4n) is 1.15. The van der Waals surface area contributed by atoms with Gasteiger partial charge in [-0.25, -0.2) is 9.86 Å². The van der Waals surface area contributed by atoms with E-state index in [1.54, 1.807) is 34.6 Å². The molecule has 0 aromatic rings. The van der Waals surface area contributed by atoms with Crippen LogP contribution in [0.15, 0.2) is 0 Å². The Morgan fingerprint density at radius 3 is 2.07 bits per heavy atom. The van der Waals surface area contributed by atoms with Gasteiger partial charge in [-0.15, -0.1) is 0 Å². The van der Waals surface area contributed by atoms with Gasteiger partial charge in [-0.3, -0.25) is 9.63 Å². The Labute approximate surface area is 90.0 Å². The van der Waals surface area contributed by atoms with Crippen LogP contribution in [0.4, 0.5) is 0 Å². The van der Waals surface area contributed by atoms with Crippen LogP contribution in [-0.4, -0.2) is 34.2 Å². The van der Waals surface area contributed by atoms with E-state index in [-0.39, 0.29) is 5.92 Å². The van der Waals surface area contributed by atoms with Crippen LogP contribution in [0.1, 0.15) is 34.6 Å². The van der Waals surface area contributed by atoms with Crippen LogP contribution >= 0.6 is 0 Å². The molecule has 1 N–H and O–H groups in total. The monoisotopic (exact) mass is 217 g/mol. The molecule has 0 aromatic heterocycles. The highest BCUT2D eigenvalue weighted by Crippen LogP contribution is 2.16. The molecule has 0 aromatic carbocycles. The Morgan fingerprint density at radius 2 is 1.87 bits per heavy atom. The minimum atomic E-state index is -1.07. The summed E-state index contributed by atoms with van der Waals surface area (Å²) in [7, 11) is 0. The molecule has 0 aliphatic carbocycles. The van der Waals surface area contributed by atoms with E-state index in [2.05, 4.69) is 0 Å². The minimum Gasteiger partial charge on any atom is -0.480 e. The molecule has 1 amide bonds. The second-order valence-electron chi connectivity index (χ2n) is 4.70. The lowest BCUT2D eigenvalue weighted by Crippen LogP contribution is -2.47. The van der Waals surface area contributed by atoms with Gasteiger partial charge in [0.25, 0.3) is 0 Å². The second kappa shape index (κ2) is 5.11. The van der Waals surface area contributed by atoms with E-state index in [1.165, 1.54) is 0 Å². The Morgan fingerprint density at radius 1 is 1.40 bits per heavy atom. The number of carbonyl (C=O) groups is 2. The van der Waals surface area contributed by atoms with Gasteiger partial charge in [-0.05, 0) is 26.7 Å². The SMILES string of the molecule is CC(C)[C@@H](C(=O)O)N(C=O)OC(C)(C)C. The average Bonchev–Trinajstić information content (AvgIpc) is 1.98. The maximum atomic E-state index is 10.9. The summed E-state index contributed by atoms with van der Waals surface area (Å²) in [5.41, 5.74) is -0.594. The van der Waals surface area contributed by atoms with Gasteiger partial charge < -0.3 is 5.11 Å². The Kier molecular flexibility index (Phi) is 4.74. The van der Waals surface area contributed by atoms with Gasteiger partial charge in [-0.2, -0.15) is 0 Å². The number of rotatable bonds is 5. The molecule has 5 nitrogen and oxygen atoms in total. The molecular weight excluding hydrogens is 198 g/mol. The van der Waals surface area contributed by atoms with Gasteiger partial charge in [0, 0.05) is 0 Å². The Hall–Kier alpha value is -1.10. The van der Waals surface area contributed by atoms with Crippen LogP contribution in [0.5, 0.6) is 0 Å². The quantitative estimate of drug-likeness (QED) is 0.556. The lowest BCUT2D eigenvalue weighted by atomic mass is 10.0. The molecule has 0 radical (unpaired) electrons. The Bertz CT molecular complexity index is 232. The molecule has 0 saturated carbocycles. The van der Waals surface area contributed by atoms with E-state index in [1.807, 2.05) is 0 Å². The number of carboxylic acid groups (broad SMARTS) is 1. The van der Waals surface area contributed by atoms with Crippen LogP contribution < -0.4 is 0 Å². The van der Waals surface area contributed by atoms with Crippen LogP contribution in [-0.2, 0) is 14.4 Å². The van der Waals surface area contributed by atoms with Gasteiger partial charge in [-0.1, -0.05) is 13.8 Å². The van der Waals surface area contributed by atoms with Gasteiger partial charge >= 0.3 is 5.97 Å². The summed E-state index contributed by atoms with van der Waals surface area (Å²) in [6.45, 7) is 8.71. The van der Waals surface area contributed by atoms with Gasteiger partial charge in [0.05, 0.1) is 5.60 Å². The first-order valence-electron chi connectivity index (χ1n) is 4.84. The topological polar surface area (TPSA) is 66.8 Å². The normalized spacial score (nSPS) is 13.7. The number of nitrogens with zero attached hydrogens (tertiary/aromatic N) is 1. The van der Waals surface area contributed by atoms with E-state index >= 15 is 0 Å². The van der Waals surface area contributed by atoms with Crippen molar-refractivity contribution in [2.75, 3.05) is 0 Å². The molecule has 0 aliphatic heterocycles.